The average Bonchev–Trinajstić information content (AvgIpc) is 2.40. The summed E-state index contributed by atoms with van der Waals surface area (Å²) in [5.41, 5.74) is 4.28. The molecule has 1 aliphatic rings. The Morgan fingerprint density at radius 3 is 2.94 bits per heavy atom. The largest absolute Gasteiger partial charge is 0.383 e. The molecule has 0 spiro atoms. The lowest BCUT2D eigenvalue weighted by Gasteiger charge is -2.29. The topological polar surface area (TPSA) is 15.3 Å². The molecule has 0 saturated heterocycles. The van der Waals surface area contributed by atoms with Crippen molar-refractivity contribution >= 4 is 11.4 Å². The van der Waals surface area contributed by atoms with Gasteiger partial charge in [-0.1, -0.05) is 25.5 Å². The third-order valence-electron chi connectivity index (χ3n) is 3.56. The molecule has 1 aromatic rings. The van der Waals surface area contributed by atoms with Gasteiger partial charge < -0.3 is 10.2 Å². The van der Waals surface area contributed by atoms with Crippen molar-refractivity contribution in [2.75, 3.05) is 29.9 Å². The van der Waals surface area contributed by atoms with Gasteiger partial charge in [-0.25, -0.2) is 0 Å². The van der Waals surface area contributed by atoms with Gasteiger partial charge in [0.15, 0.2) is 0 Å². The normalized spacial score (nSPS) is 14.0. The number of hydrogen-bond donors (Lipinski definition) is 1. The van der Waals surface area contributed by atoms with Crippen molar-refractivity contribution in [3.63, 3.8) is 0 Å². The van der Waals surface area contributed by atoms with Gasteiger partial charge in [-0.3, -0.25) is 0 Å². The molecule has 1 aliphatic heterocycles. The molecule has 0 unspecified atom stereocenters. The fourth-order valence-corrected chi connectivity index (χ4v) is 2.55. The minimum absolute atomic E-state index is 1.10. The van der Waals surface area contributed by atoms with Crippen LogP contribution < -0.4 is 10.2 Å². The van der Waals surface area contributed by atoms with E-state index in [1.54, 1.807) is 0 Å². The number of fused-ring (bicyclic) bond motifs is 1. The zero-order valence-corrected chi connectivity index (χ0v) is 11.1. The van der Waals surface area contributed by atoms with Gasteiger partial charge in [-0.05, 0) is 37.8 Å². The summed E-state index contributed by atoms with van der Waals surface area (Å²) in [6.45, 7) is 7.89. The molecule has 0 atom stereocenters. The van der Waals surface area contributed by atoms with Gasteiger partial charge >= 0.3 is 0 Å². The maximum Gasteiger partial charge on any atom is 0.0610 e. The minimum atomic E-state index is 1.10. The number of nitrogens with one attached hydrogen (secondary N) is 1. The highest BCUT2D eigenvalue weighted by Crippen LogP contribution is 2.32. The number of unbranched alkanes of at least 4 members (excludes halogenated alkanes) is 1. The van der Waals surface area contributed by atoms with E-state index in [1.165, 1.54) is 49.2 Å². The van der Waals surface area contributed by atoms with Crippen molar-refractivity contribution in [3.8, 4) is 0 Å². The predicted molar refractivity (Wildman–Crippen MR) is 76.0 cm³/mol. The summed E-state index contributed by atoms with van der Waals surface area (Å²) in [6.07, 6.45) is 5.02. The van der Waals surface area contributed by atoms with E-state index in [0.717, 1.165) is 13.1 Å². The van der Waals surface area contributed by atoms with E-state index in [-0.39, 0.29) is 0 Å². The van der Waals surface area contributed by atoms with Crippen LogP contribution in [0.4, 0.5) is 11.4 Å². The van der Waals surface area contributed by atoms with Gasteiger partial charge in [-0.2, -0.15) is 0 Å². The Kier molecular flexibility index (Phi) is 4.29. The average molecular weight is 232 g/mol. The van der Waals surface area contributed by atoms with E-state index >= 15 is 0 Å². The molecule has 1 heterocycles. The zero-order chi connectivity index (χ0) is 12.1. The molecular weight excluding hydrogens is 208 g/mol. The summed E-state index contributed by atoms with van der Waals surface area (Å²) >= 11 is 0. The second-order valence-electron chi connectivity index (χ2n) is 4.77. The van der Waals surface area contributed by atoms with Crippen LogP contribution in [0.25, 0.3) is 0 Å². The lowest BCUT2D eigenvalue weighted by molar-refractivity contribution is 0.729. The Morgan fingerprint density at radius 2 is 2.18 bits per heavy atom. The van der Waals surface area contributed by atoms with Crippen LogP contribution in [-0.4, -0.2) is 19.6 Å². The highest BCUT2D eigenvalue weighted by Gasteiger charge is 2.15. The molecule has 0 aromatic heterocycles. The molecule has 0 radical (unpaired) electrons. The SMILES string of the molecule is CCCCN(CC)c1cccc2c1NCCC2. The summed E-state index contributed by atoms with van der Waals surface area (Å²) in [6, 6.07) is 6.73. The number of aryl methyl sites for hydroxylation is 1. The van der Waals surface area contributed by atoms with Crippen molar-refractivity contribution in [3.05, 3.63) is 23.8 Å². The molecule has 2 rings (SSSR count). The van der Waals surface area contributed by atoms with Gasteiger partial charge in [0.05, 0.1) is 11.4 Å². The first kappa shape index (κ1) is 12.3. The van der Waals surface area contributed by atoms with Crippen LogP contribution in [0, 0.1) is 0 Å². The second-order valence-corrected chi connectivity index (χ2v) is 4.77. The van der Waals surface area contributed by atoms with Crippen LogP contribution in [0.3, 0.4) is 0 Å². The van der Waals surface area contributed by atoms with Crippen LogP contribution in [0.1, 0.15) is 38.7 Å². The first-order valence-electron chi connectivity index (χ1n) is 6.97. The van der Waals surface area contributed by atoms with Gasteiger partial charge in [0.2, 0.25) is 0 Å². The lowest BCUT2D eigenvalue weighted by Crippen LogP contribution is -2.26. The Bertz CT molecular complexity index is 360. The summed E-state index contributed by atoms with van der Waals surface area (Å²) in [4.78, 5) is 2.50. The van der Waals surface area contributed by atoms with E-state index in [0.29, 0.717) is 0 Å². The van der Waals surface area contributed by atoms with Crippen LogP contribution in [-0.2, 0) is 6.42 Å². The number of para-hydroxylation sites is 1. The summed E-state index contributed by atoms with van der Waals surface area (Å²) in [5.74, 6) is 0. The van der Waals surface area contributed by atoms with Gasteiger partial charge in [-0.15, -0.1) is 0 Å². The maximum atomic E-state index is 3.58. The van der Waals surface area contributed by atoms with Gasteiger partial charge in [0.1, 0.15) is 0 Å². The van der Waals surface area contributed by atoms with Crippen molar-refractivity contribution < 1.29 is 0 Å². The molecule has 17 heavy (non-hydrogen) atoms. The Balaban J connectivity index is 2.23. The molecule has 0 saturated carbocycles. The van der Waals surface area contributed by atoms with Crippen LogP contribution in [0.15, 0.2) is 18.2 Å². The number of nitrogens with zero attached hydrogens (tertiary/aromatic N) is 1. The fourth-order valence-electron chi connectivity index (χ4n) is 2.55. The predicted octanol–water partition coefficient (Wildman–Crippen LogP) is 3.67. The van der Waals surface area contributed by atoms with Gasteiger partial charge in [0.25, 0.3) is 0 Å². The number of benzene rings is 1. The standard InChI is InChI=1S/C15H24N2/c1-3-5-12-17(4-2)14-10-6-8-13-9-7-11-16-15(13)14/h6,8,10,16H,3-5,7,9,11-12H2,1-2H3. The molecule has 94 valence electrons. The van der Waals surface area contributed by atoms with E-state index < -0.39 is 0 Å². The third kappa shape index (κ3) is 2.74. The van der Waals surface area contributed by atoms with Crippen LogP contribution >= 0.6 is 0 Å². The van der Waals surface area contributed by atoms with Crippen molar-refractivity contribution in [1.29, 1.82) is 0 Å². The number of anilines is 2. The summed E-state index contributed by atoms with van der Waals surface area (Å²) in [5, 5.41) is 3.58. The maximum absolute atomic E-state index is 3.58. The highest BCUT2D eigenvalue weighted by molar-refractivity contribution is 5.74. The van der Waals surface area contributed by atoms with Crippen molar-refractivity contribution in [2.24, 2.45) is 0 Å². The Hall–Kier alpha value is -1.18. The second kappa shape index (κ2) is 5.95. The summed E-state index contributed by atoms with van der Waals surface area (Å²) in [7, 11) is 0. The van der Waals surface area contributed by atoms with Crippen LogP contribution in [0.5, 0.6) is 0 Å². The molecule has 0 bridgehead atoms. The van der Waals surface area contributed by atoms with E-state index in [4.69, 9.17) is 0 Å². The monoisotopic (exact) mass is 232 g/mol. The molecule has 2 nitrogen and oxygen atoms in total. The lowest BCUT2D eigenvalue weighted by atomic mass is 10.0. The molecular formula is C15H24N2. The molecule has 0 amide bonds. The number of rotatable bonds is 5. The third-order valence-corrected chi connectivity index (χ3v) is 3.56. The first-order chi connectivity index (χ1) is 8.36. The Morgan fingerprint density at radius 1 is 1.29 bits per heavy atom. The quantitative estimate of drug-likeness (QED) is 0.833. The number of hydrogen-bond acceptors (Lipinski definition) is 2. The minimum Gasteiger partial charge on any atom is -0.383 e. The fraction of sp³-hybridized carbons (Fsp3) is 0.600. The van der Waals surface area contributed by atoms with Crippen LogP contribution in [0.2, 0.25) is 0 Å². The molecule has 0 fully saturated rings. The molecule has 1 aromatic carbocycles. The van der Waals surface area contributed by atoms with E-state index in [2.05, 4.69) is 42.3 Å². The summed E-state index contributed by atoms with van der Waals surface area (Å²) < 4.78 is 0. The first-order valence-corrected chi connectivity index (χ1v) is 6.97. The zero-order valence-electron chi connectivity index (χ0n) is 11.1. The van der Waals surface area contributed by atoms with Gasteiger partial charge in [0, 0.05) is 19.6 Å². The Labute approximate surface area is 105 Å². The van der Waals surface area contributed by atoms with E-state index in [1.807, 2.05) is 0 Å². The van der Waals surface area contributed by atoms with E-state index in [9.17, 15) is 0 Å². The molecule has 1 N–H and O–H groups in total. The smallest absolute Gasteiger partial charge is 0.0610 e. The molecule has 2 heteroatoms. The molecule has 0 aliphatic carbocycles. The van der Waals surface area contributed by atoms with Crippen molar-refractivity contribution in [1.82, 2.24) is 0 Å². The van der Waals surface area contributed by atoms with Crippen molar-refractivity contribution in [2.45, 2.75) is 39.5 Å². The highest BCUT2D eigenvalue weighted by atomic mass is 15.1.